The molecular formula is C12H10N2O2. The van der Waals surface area contributed by atoms with E-state index in [-0.39, 0.29) is 11.5 Å². The van der Waals surface area contributed by atoms with Crippen LogP contribution in [0.4, 0.5) is 5.82 Å². The molecule has 4 heteroatoms. The first-order valence-electron chi connectivity index (χ1n) is 4.73. The summed E-state index contributed by atoms with van der Waals surface area (Å²) in [5, 5.41) is 18.6. The zero-order valence-electron chi connectivity index (χ0n) is 8.41. The SMILES string of the molecule is Oc1ccc(C=Nc2ccccn2)c(O)c1. The van der Waals surface area contributed by atoms with Crippen molar-refractivity contribution in [2.45, 2.75) is 0 Å². The number of hydrogen-bond donors (Lipinski definition) is 2. The average molecular weight is 214 g/mol. The van der Waals surface area contributed by atoms with Gasteiger partial charge < -0.3 is 10.2 Å². The molecule has 0 unspecified atom stereocenters. The fourth-order valence-electron chi connectivity index (χ4n) is 1.21. The Bertz CT molecular complexity index is 510. The molecule has 0 radical (unpaired) electrons. The molecule has 80 valence electrons. The van der Waals surface area contributed by atoms with Crippen molar-refractivity contribution in [3.05, 3.63) is 48.2 Å². The molecule has 1 aromatic carbocycles. The van der Waals surface area contributed by atoms with Gasteiger partial charge >= 0.3 is 0 Å². The summed E-state index contributed by atoms with van der Waals surface area (Å²) < 4.78 is 0. The molecule has 0 atom stereocenters. The Hall–Kier alpha value is -2.36. The number of aromatic nitrogens is 1. The number of phenolic OH excluding ortho intramolecular Hbond substituents is 2. The molecule has 0 saturated heterocycles. The summed E-state index contributed by atoms with van der Waals surface area (Å²) in [6.07, 6.45) is 3.14. The van der Waals surface area contributed by atoms with Crippen molar-refractivity contribution in [3.8, 4) is 11.5 Å². The van der Waals surface area contributed by atoms with Crippen LogP contribution >= 0.6 is 0 Å². The largest absolute Gasteiger partial charge is 0.508 e. The van der Waals surface area contributed by atoms with Crippen molar-refractivity contribution < 1.29 is 10.2 Å². The van der Waals surface area contributed by atoms with Gasteiger partial charge in [-0.3, -0.25) is 0 Å². The summed E-state index contributed by atoms with van der Waals surface area (Å²) in [5.41, 5.74) is 0.531. The number of aliphatic imine (C=N–C) groups is 1. The highest BCUT2D eigenvalue weighted by molar-refractivity contribution is 5.85. The maximum Gasteiger partial charge on any atom is 0.151 e. The van der Waals surface area contributed by atoms with Crippen molar-refractivity contribution in [1.29, 1.82) is 0 Å². The molecule has 1 heterocycles. The second-order valence-electron chi connectivity index (χ2n) is 3.19. The van der Waals surface area contributed by atoms with E-state index in [1.165, 1.54) is 18.3 Å². The first kappa shape index (κ1) is 10.2. The lowest BCUT2D eigenvalue weighted by Crippen LogP contribution is -1.82. The molecule has 2 N–H and O–H groups in total. The third-order valence-corrected chi connectivity index (χ3v) is 2.00. The minimum Gasteiger partial charge on any atom is -0.508 e. The van der Waals surface area contributed by atoms with E-state index >= 15 is 0 Å². The second-order valence-corrected chi connectivity index (χ2v) is 3.19. The predicted octanol–water partition coefficient (Wildman–Crippen LogP) is 2.24. The topological polar surface area (TPSA) is 65.7 Å². The van der Waals surface area contributed by atoms with Crippen molar-refractivity contribution in [2.75, 3.05) is 0 Å². The van der Waals surface area contributed by atoms with E-state index in [0.717, 1.165) is 0 Å². The van der Waals surface area contributed by atoms with Gasteiger partial charge in [-0.15, -0.1) is 0 Å². The molecule has 4 nitrogen and oxygen atoms in total. The highest BCUT2D eigenvalue weighted by Crippen LogP contribution is 2.21. The fraction of sp³-hybridized carbons (Fsp3) is 0. The highest BCUT2D eigenvalue weighted by Gasteiger charge is 1.98. The molecule has 0 aliphatic heterocycles. The average Bonchev–Trinajstić information content (AvgIpc) is 2.29. The smallest absolute Gasteiger partial charge is 0.151 e. The fourth-order valence-corrected chi connectivity index (χ4v) is 1.21. The number of phenols is 2. The standard InChI is InChI=1S/C12H10N2O2/c15-10-5-4-9(11(16)7-10)8-14-12-3-1-2-6-13-12/h1-8,15-16H. The minimum atomic E-state index is -0.0142. The van der Waals surface area contributed by atoms with E-state index in [4.69, 9.17) is 5.11 Å². The van der Waals surface area contributed by atoms with Crippen LogP contribution in [0.15, 0.2) is 47.6 Å². The van der Waals surface area contributed by atoms with Crippen LogP contribution in [0.25, 0.3) is 0 Å². The predicted molar refractivity (Wildman–Crippen MR) is 61.3 cm³/mol. The molecule has 2 rings (SSSR count). The Morgan fingerprint density at radius 1 is 1.12 bits per heavy atom. The van der Waals surface area contributed by atoms with E-state index in [1.807, 2.05) is 6.07 Å². The van der Waals surface area contributed by atoms with Crippen LogP contribution in [-0.2, 0) is 0 Å². The van der Waals surface area contributed by atoms with Crippen LogP contribution in [0.5, 0.6) is 11.5 Å². The van der Waals surface area contributed by atoms with E-state index < -0.39 is 0 Å². The third kappa shape index (κ3) is 2.36. The Balaban J connectivity index is 2.24. The van der Waals surface area contributed by atoms with Gasteiger partial charge in [-0.2, -0.15) is 0 Å². The van der Waals surface area contributed by atoms with Crippen LogP contribution in [0.1, 0.15) is 5.56 Å². The van der Waals surface area contributed by atoms with Crippen molar-refractivity contribution in [1.82, 2.24) is 4.98 Å². The summed E-state index contributed by atoms with van der Waals surface area (Å²) >= 11 is 0. The lowest BCUT2D eigenvalue weighted by molar-refractivity contribution is 0.450. The number of rotatable bonds is 2. The Kier molecular flexibility index (Phi) is 2.82. The Morgan fingerprint density at radius 3 is 2.69 bits per heavy atom. The quantitative estimate of drug-likeness (QED) is 0.753. The molecule has 0 aliphatic carbocycles. The normalized spacial score (nSPS) is 10.8. The Morgan fingerprint density at radius 2 is 2.00 bits per heavy atom. The van der Waals surface area contributed by atoms with Crippen LogP contribution in [0.3, 0.4) is 0 Å². The number of nitrogens with zero attached hydrogens (tertiary/aromatic N) is 2. The van der Waals surface area contributed by atoms with Crippen molar-refractivity contribution >= 4 is 12.0 Å². The van der Waals surface area contributed by atoms with Gasteiger partial charge in [0.2, 0.25) is 0 Å². The van der Waals surface area contributed by atoms with Crippen LogP contribution in [-0.4, -0.2) is 21.4 Å². The molecular weight excluding hydrogens is 204 g/mol. The molecule has 0 aliphatic rings. The van der Waals surface area contributed by atoms with E-state index in [2.05, 4.69) is 9.98 Å². The van der Waals surface area contributed by atoms with Gasteiger partial charge in [0.25, 0.3) is 0 Å². The van der Waals surface area contributed by atoms with Gasteiger partial charge in [-0.05, 0) is 24.3 Å². The molecule has 0 fully saturated rings. The zero-order chi connectivity index (χ0) is 11.4. The van der Waals surface area contributed by atoms with Crippen LogP contribution < -0.4 is 0 Å². The van der Waals surface area contributed by atoms with Crippen LogP contribution in [0.2, 0.25) is 0 Å². The van der Waals surface area contributed by atoms with Gasteiger partial charge in [-0.1, -0.05) is 6.07 Å². The summed E-state index contributed by atoms with van der Waals surface area (Å²) in [5.74, 6) is 0.571. The Labute approximate surface area is 92.6 Å². The zero-order valence-corrected chi connectivity index (χ0v) is 8.41. The monoisotopic (exact) mass is 214 g/mol. The number of hydrogen-bond acceptors (Lipinski definition) is 4. The molecule has 1 aromatic heterocycles. The lowest BCUT2D eigenvalue weighted by Gasteiger charge is -1.98. The number of aromatic hydroxyl groups is 2. The second kappa shape index (κ2) is 4.44. The van der Waals surface area contributed by atoms with Gasteiger partial charge in [0.05, 0.1) is 0 Å². The highest BCUT2D eigenvalue weighted by atomic mass is 16.3. The van der Waals surface area contributed by atoms with Crippen molar-refractivity contribution in [2.24, 2.45) is 4.99 Å². The minimum absolute atomic E-state index is 0.0142. The number of benzene rings is 1. The van der Waals surface area contributed by atoms with Crippen LogP contribution in [0, 0.1) is 0 Å². The number of pyridine rings is 1. The molecule has 0 amide bonds. The van der Waals surface area contributed by atoms with Gasteiger partial charge in [-0.25, -0.2) is 9.98 Å². The van der Waals surface area contributed by atoms with Gasteiger partial charge in [0.1, 0.15) is 11.5 Å². The maximum absolute atomic E-state index is 9.50. The summed E-state index contributed by atoms with van der Waals surface area (Å²) in [6.45, 7) is 0. The molecule has 16 heavy (non-hydrogen) atoms. The summed E-state index contributed by atoms with van der Waals surface area (Å²) in [6, 6.07) is 9.72. The molecule has 0 spiro atoms. The molecule has 0 saturated carbocycles. The summed E-state index contributed by atoms with van der Waals surface area (Å²) in [4.78, 5) is 8.10. The van der Waals surface area contributed by atoms with Gasteiger partial charge in [0, 0.05) is 24.0 Å². The first-order chi connectivity index (χ1) is 7.75. The molecule has 0 bridgehead atoms. The lowest BCUT2D eigenvalue weighted by atomic mass is 10.2. The third-order valence-electron chi connectivity index (χ3n) is 2.00. The maximum atomic E-state index is 9.50. The molecule has 2 aromatic rings. The summed E-state index contributed by atoms with van der Waals surface area (Å²) in [7, 11) is 0. The van der Waals surface area contributed by atoms with E-state index in [9.17, 15) is 5.11 Å². The van der Waals surface area contributed by atoms with Crippen molar-refractivity contribution in [3.63, 3.8) is 0 Å². The first-order valence-corrected chi connectivity index (χ1v) is 4.73. The van der Waals surface area contributed by atoms with E-state index in [0.29, 0.717) is 11.4 Å². The van der Waals surface area contributed by atoms with E-state index in [1.54, 1.807) is 24.4 Å². The van der Waals surface area contributed by atoms with Gasteiger partial charge in [0.15, 0.2) is 5.82 Å².